The maximum Gasteiger partial charge on any atom is 0.0931 e. The summed E-state index contributed by atoms with van der Waals surface area (Å²) in [5.74, 6) is 0. The number of rotatable bonds is 2. The maximum absolute atomic E-state index is 10.6. The van der Waals surface area contributed by atoms with Crippen molar-refractivity contribution in [2.24, 2.45) is 0 Å². The van der Waals surface area contributed by atoms with E-state index in [0.717, 1.165) is 38.0 Å². The van der Waals surface area contributed by atoms with E-state index in [1.54, 1.807) is 11.3 Å². The van der Waals surface area contributed by atoms with Crippen LogP contribution in [0.1, 0.15) is 30.2 Å². The Bertz CT molecular complexity index is 326. The summed E-state index contributed by atoms with van der Waals surface area (Å²) < 4.78 is 0. The molecule has 0 unspecified atom stereocenters. The monoisotopic (exact) mass is 225 g/mol. The zero-order chi connectivity index (χ0) is 10.9. The zero-order valence-electron chi connectivity index (χ0n) is 9.49. The lowest BCUT2D eigenvalue weighted by Crippen LogP contribution is -2.42. The van der Waals surface area contributed by atoms with E-state index in [2.05, 4.69) is 30.2 Å². The van der Waals surface area contributed by atoms with Gasteiger partial charge in [0.2, 0.25) is 0 Å². The average Bonchev–Trinajstić information content (AvgIpc) is 2.66. The summed E-state index contributed by atoms with van der Waals surface area (Å²) in [4.78, 5) is 3.67. The summed E-state index contributed by atoms with van der Waals surface area (Å²) in [7, 11) is 0. The van der Waals surface area contributed by atoms with Crippen molar-refractivity contribution in [3.8, 4) is 0 Å². The van der Waals surface area contributed by atoms with Gasteiger partial charge in [0.1, 0.15) is 0 Å². The Morgan fingerprint density at radius 1 is 1.47 bits per heavy atom. The molecule has 0 radical (unpaired) electrons. The molecule has 2 rings (SSSR count). The van der Waals surface area contributed by atoms with Crippen LogP contribution >= 0.6 is 11.3 Å². The summed E-state index contributed by atoms with van der Waals surface area (Å²) in [6.07, 6.45) is 1.75. The quantitative estimate of drug-likeness (QED) is 0.835. The van der Waals surface area contributed by atoms with Crippen LogP contribution in [0.5, 0.6) is 0 Å². The number of aliphatic hydroxyl groups is 1. The molecule has 1 saturated heterocycles. The van der Waals surface area contributed by atoms with Crippen molar-refractivity contribution in [1.29, 1.82) is 0 Å². The van der Waals surface area contributed by atoms with Crippen LogP contribution in [-0.2, 0) is 5.60 Å². The minimum Gasteiger partial charge on any atom is -0.385 e. The SMILES string of the molecule is CCN1CCC(O)(c2ccsc2C)CC1. The molecule has 0 spiro atoms. The molecule has 0 bridgehead atoms. The van der Waals surface area contributed by atoms with Gasteiger partial charge in [-0.1, -0.05) is 6.92 Å². The second-order valence-electron chi connectivity index (χ2n) is 4.36. The van der Waals surface area contributed by atoms with Crippen molar-refractivity contribution in [1.82, 2.24) is 4.90 Å². The first kappa shape index (κ1) is 11.1. The molecule has 1 aliphatic heterocycles. The molecule has 2 nitrogen and oxygen atoms in total. The van der Waals surface area contributed by atoms with Gasteiger partial charge in [-0.05, 0) is 43.3 Å². The van der Waals surface area contributed by atoms with Crippen LogP contribution in [0.4, 0.5) is 0 Å². The van der Waals surface area contributed by atoms with Crippen LogP contribution in [0.2, 0.25) is 0 Å². The third kappa shape index (κ3) is 2.10. The van der Waals surface area contributed by atoms with Crippen LogP contribution in [0.15, 0.2) is 11.4 Å². The van der Waals surface area contributed by atoms with E-state index in [0.29, 0.717) is 0 Å². The van der Waals surface area contributed by atoms with E-state index < -0.39 is 5.60 Å². The Morgan fingerprint density at radius 2 is 2.13 bits per heavy atom. The van der Waals surface area contributed by atoms with Gasteiger partial charge in [-0.25, -0.2) is 0 Å². The van der Waals surface area contributed by atoms with E-state index in [9.17, 15) is 5.11 Å². The molecule has 84 valence electrons. The van der Waals surface area contributed by atoms with Crippen molar-refractivity contribution in [3.05, 3.63) is 21.9 Å². The van der Waals surface area contributed by atoms with Crippen molar-refractivity contribution in [3.63, 3.8) is 0 Å². The molecular formula is C12H19NOS. The highest BCUT2D eigenvalue weighted by atomic mass is 32.1. The number of thiophene rings is 1. The van der Waals surface area contributed by atoms with E-state index in [1.165, 1.54) is 4.88 Å². The number of nitrogens with zero attached hydrogens (tertiary/aromatic N) is 1. The second-order valence-corrected chi connectivity index (χ2v) is 5.48. The van der Waals surface area contributed by atoms with Gasteiger partial charge in [-0.3, -0.25) is 0 Å². The zero-order valence-corrected chi connectivity index (χ0v) is 10.3. The van der Waals surface area contributed by atoms with Crippen LogP contribution in [0.3, 0.4) is 0 Å². The first-order valence-corrected chi connectivity index (χ1v) is 6.53. The average molecular weight is 225 g/mol. The normalized spacial score (nSPS) is 21.8. The third-order valence-electron chi connectivity index (χ3n) is 3.49. The molecule has 0 aliphatic carbocycles. The molecule has 0 atom stereocenters. The Balaban J connectivity index is 2.13. The van der Waals surface area contributed by atoms with Crippen molar-refractivity contribution in [2.45, 2.75) is 32.3 Å². The number of likely N-dealkylation sites (tertiary alicyclic amines) is 1. The molecule has 1 N–H and O–H groups in total. The van der Waals surface area contributed by atoms with Gasteiger partial charge in [-0.15, -0.1) is 11.3 Å². The minimum atomic E-state index is -0.560. The predicted octanol–water partition coefficient (Wildman–Crippen LogP) is 2.36. The fraction of sp³-hybridized carbons (Fsp3) is 0.667. The highest BCUT2D eigenvalue weighted by Gasteiger charge is 2.34. The Kier molecular flexibility index (Phi) is 3.14. The lowest BCUT2D eigenvalue weighted by molar-refractivity contribution is -0.0247. The minimum absolute atomic E-state index is 0.560. The van der Waals surface area contributed by atoms with Crippen LogP contribution in [0.25, 0.3) is 0 Å². The summed E-state index contributed by atoms with van der Waals surface area (Å²) in [6, 6.07) is 2.08. The van der Waals surface area contributed by atoms with Crippen LogP contribution in [0, 0.1) is 6.92 Å². The van der Waals surface area contributed by atoms with Crippen molar-refractivity contribution < 1.29 is 5.11 Å². The largest absolute Gasteiger partial charge is 0.385 e. The topological polar surface area (TPSA) is 23.5 Å². The lowest BCUT2D eigenvalue weighted by Gasteiger charge is -2.38. The van der Waals surface area contributed by atoms with Crippen LogP contribution < -0.4 is 0 Å². The van der Waals surface area contributed by atoms with E-state index >= 15 is 0 Å². The summed E-state index contributed by atoms with van der Waals surface area (Å²) >= 11 is 1.73. The highest BCUT2D eigenvalue weighted by molar-refractivity contribution is 7.10. The van der Waals surface area contributed by atoms with E-state index in [-0.39, 0.29) is 0 Å². The van der Waals surface area contributed by atoms with Gasteiger partial charge < -0.3 is 10.0 Å². The van der Waals surface area contributed by atoms with Gasteiger partial charge in [0, 0.05) is 18.0 Å². The van der Waals surface area contributed by atoms with Crippen molar-refractivity contribution >= 4 is 11.3 Å². The van der Waals surface area contributed by atoms with E-state index in [4.69, 9.17) is 0 Å². The van der Waals surface area contributed by atoms with Gasteiger partial charge in [0.15, 0.2) is 0 Å². The molecule has 15 heavy (non-hydrogen) atoms. The Morgan fingerprint density at radius 3 is 2.60 bits per heavy atom. The number of aryl methyl sites for hydroxylation is 1. The molecule has 0 aromatic carbocycles. The standard InChI is InChI=1S/C12H19NOS/c1-3-13-7-5-12(14,6-8-13)11-4-9-15-10(11)2/h4,9,14H,3,5-8H2,1-2H3. The van der Waals surface area contributed by atoms with Gasteiger partial charge >= 0.3 is 0 Å². The first-order valence-electron chi connectivity index (χ1n) is 5.65. The van der Waals surface area contributed by atoms with E-state index in [1.807, 2.05) is 0 Å². The summed E-state index contributed by atoms with van der Waals surface area (Å²) in [5.41, 5.74) is 0.596. The molecular weight excluding hydrogens is 206 g/mol. The number of hydrogen-bond donors (Lipinski definition) is 1. The Labute approximate surface area is 95.5 Å². The Hall–Kier alpha value is -0.380. The van der Waals surface area contributed by atoms with Crippen molar-refractivity contribution in [2.75, 3.05) is 19.6 Å². The third-order valence-corrected chi connectivity index (χ3v) is 4.34. The molecule has 1 aromatic heterocycles. The molecule has 3 heteroatoms. The fourth-order valence-corrected chi connectivity index (χ4v) is 3.17. The smallest absolute Gasteiger partial charge is 0.0931 e. The second kappa shape index (κ2) is 4.24. The summed E-state index contributed by atoms with van der Waals surface area (Å²) in [6.45, 7) is 7.41. The molecule has 1 aromatic rings. The maximum atomic E-state index is 10.6. The summed E-state index contributed by atoms with van der Waals surface area (Å²) in [5, 5.41) is 12.7. The number of piperidine rings is 1. The van der Waals surface area contributed by atoms with Gasteiger partial charge in [0.05, 0.1) is 5.60 Å². The number of hydrogen-bond acceptors (Lipinski definition) is 3. The fourth-order valence-electron chi connectivity index (χ4n) is 2.38. The van der Waals surface area contributed by atoms with Crippen LogP contribution in [-0.4, -0.2) is 29.6 Å². The first-order chi connectivity index (χ1) is 7.15. The molecule has 1 aliphatic rings. The highest BCUT2D eigenvalue weighted by Crippen LogP contribution is 2.36. The van der Waals surface area contributed by atoms with Gasteiger partial charge in [0.25, 0.3) is 0 Å². The molecule has 2 heterocycles. The lowest BCUT2D eigenvalue weighted by atomic mass is 9.85. The molecule has 1 fully saturated rings. The van der Waals surface area contributed by atoms with Gasteiger partial charge in [-0.2, -0.15) is 0 Å². The molecule has 0 saturated carbocycles. The predicted molar refractivity (Wildman–Crippen MR) is 64.3 cm³/mol. The molecule has 0 amide bonds.